The van der Waals surface area contributed by atoms with Crippen molar-refractivity contribution >= 4 is 11.8 Å². The maximum atomic E-state index is 12.8. The predicted octanol–water partition coefficient (Wildman–Crippen LogP) is 0.213. The second-order valence-electron chi connectivity index (χ2n) is 6.96. The van der Waals surface area contributed by atoms with Crippen LogP contribution in [0.3, 0.4) is 0 Å². The number of hydrogen-bond donors (Lipinski definition) is 1. The minimum absolute atomic E-state index is 0.0127. The molecule has 0 unspecified atom stereocenters. The van der Waals surface area contributed by atoms with Gasteiger partial charge in [-0.1, -0.05) is 0 Å². The first-order valence-electron chi connectivity index (χ1n) is 8.85. The quantitative estimate of drug-likeness (QED) is 0.847. The Bertz CT molecular complexity index is 624. The summed E-state index contributed by atoms with van der Waals surface area (Å²) in [6, 6.07) is 3.49. The number of β-amino-alcohol motifs (C(OH)–C–C–N with tert-alkyl or cyclic N) is 1. The van der Waals surface area contributed by atoms with Gasteiger partial charge in [0.25, 0.3) is 5.91 Å². The van der Waals surface area contributed by atoms with E-state index in [-0.39, 0.29) is 24.0 Å². The molecule has 0 radical (unpaired) electrons. The van der Waals surface area contributed by atoms with Gasteiger partial charge < -0.3 is 14.9 Å². The van der Waals surface area contributed by atoms with E-state index in [1.807, 2.05) is 4.90 Å². The van der Waals surface area contributed by atoms with Crippen LogP contribution in [0, 0.1) is 0 Å². The van der Waals surface area contributed by atoms with Crippen molar-refractivity contribution in [2.75, 3.05) is 46.4 Å². The topological polar surface area (TPSA) is 77.0 Å². The van der Waals surface area contributed by atoms with Crippen molar-refractivity contribution in [2.24, 2.45) is 0 Å². The van der Waals surface area contributed by atoms with E-state index in [0.717, 1.165) is 19.4 Å². The van der Waals surface area contributed by atoms with Crippen LogP contribution in [0.5, 0.6) is 0 Å². The van der Waals surface area contributed by atoms with Gasteiger partial charge in [-0.15, -0.1) is 0 Å². The molecule has 0 aromatic carbocycles. The zero-order valence-electron chi connectivity index (χ0n) is 14.7. The molecular formula is C18H26N4O3. The second kappa shape index (κ2) is 7.49. The molecule has 25 heavy (non-hydrogen) atoms. The highest BCUT2D eigenvalue weighted by molar-refractivity contribution is 5.94. The average Bonchev–Trinajstić information content (AvgIpc) is 2.79. The van der Waals surface area contributed by atoms with Crippen molar-refractivity contribution in [3.05, 3.63) is 30.1 Å². The first-order valence-corrected chi connectivity index (χ1v) is 8.85. The summed E-state index contributed by atoms with van der Waals surface area (Å²) in [5.41, 5.74) is 0.474. The fourth-order valence-electron chi connectivity index (χ4n) is 3.90. The highest BCUT2D eigenvalue weighted by Gasteiger charge is 2.43. The lowest BCUT2D eigenvalue weighted by Crippen LogP contribution is -2.62. The number of hydrogen-bond acceptors (Lipinski definition) is 5. The van der Waals surface area contributed by atoms with Gasteiger partial charge in [-0.3, -0.25) is 19.5 Å². The summed E-state index contributed by atoms with van der Waals surface area (Å²) in [5.74, 6) is 0.120. The Kier molecular flexibility index (Phi) is 5.34. The van der Waals surface area contributed by atoms with E-state index in [0.29, 0.717) is 38.2 Å². The third kappa shape index (κ3) is 3.67. The Morgan fingerprint density at radius 3 is 2.72 bits per heavy atom. The molecule has 1 aromatic rings. The largest absolute Gasteiger partial charge is 0.395 e. The molecule has 0 aliphatic carbocycles. The van der Waals surface area contributed by atoms with Crippen LogP contribution in [-0.2, 0) is 4.79 Å². The second-order valence-corrected chi connectivity index (χ2v) is 6.96. The number of likely N-dealkylation sites (tertiary alicyclic amines) is 1. The number of carbonyl (C=O) groups excluding carboxylic acids is 2. The number of nitrogens with zero attached hydrogens (tertiary/aromatic N) is 4. The van der Waals surface area contributed by atoms with Gasteiger partial charge in [0.2, 0.25) is 5.91 Å². The van der Waals surface area contributed by atoms with Crippen molar-refractivity contribution in [1.29, 1.82) is 0 Å². The van der Waals surface area contributed by atoms with Crippen molar-refractivity contribution in [2.45, 2.75) is 24.8 Å². The van der Waals surface area contributed by atoms with Gasteiger partial charge >= 0.3 is 0 Å². The summed E-state index contributed by atoms with van der Waals surface area (Å²) >= 11 is 0. The molecule has 136 valence electrons. The van der Waals surface area contributed by atoms with Gasteiger partial charge in [0.15, 0.2) is 0 Å². The third-order valence-electron chi connectivity index (χ3n) is 5.59. The standard InChI is InChI=1S/C18H26N4O3/c1-20-10-11-22(17(25)15-3-7-19-8-4-15)14-18(20)5-2-16(24)21(9-6-18)12-13-23/h3-4,7-8,23H,2,5-6,9-14H2,1H3/t18-/m0/s1. The summed E-state index contributed by atoms with van der Waals surface area (Å²) in [6.07, 6.45) is 5.29. The summed E-state index contributed by atoms with van der Waals surface area (Å²) in [6.45, 7) is 3.12. The van der Waals surface area contributed by atoms with Gasteiger partial charge in [-0.25, -0.2) is 0 Å². The molecule has 7 nitrogen and oxygen atoms in total. The molecule has 3 rings (SSSR count). The third-order valence-corrected chi connectivity index (χ3v) is 5.59. The summed E-state index contributed by atoms with van der Waals surface area (Å²) in [5, 5.41) is 9.16. The van der Waals surface area contributed by atoms with Gasteiger partial charge in [0, 0.05) is 62.6 Å². The molecule has 1 spiro atoms. The molecule has 0 saturated carbocycles. The van der Waals surface area contributed by atoms with Crippen molar-refractivity contribution in [3.63, 3.8) is 0 Å². The molecule has 2 fully saturated rings. The minimum Gasteiger partial charge on any atom is -0.395 e. The average molecular weight is 346 g/mol. The number of aliphatic hydroxyl groups is 1. The van der Waals surface area contributed by atoms with E-state index in [4.69, 9.17) is 5.11 Å². The molecule has 1 atom stereocenters. The van der Waals surface area contributed by atoms with Crippen LogP contribution < -0.4 is 0 Å². The Morgan fingerprint density at radius 2 is 2.00 bits per heavy atom. The van der Waals surface area contributed by atoms with Crippen LogP contribution in [0.1, 0.15) is 29.6 Å². The minimum atomic E-state index is -0.180. The smallest absolute Gasteiger partial charge is 0.254 e. The van der Waals surface area contributed by atoms with E-state index in [1.54, 1.807) is 29.4 Å². The Hall–Kier alpha value is -1.99. The molecule has 1 N–H and O–H groups in total. The summed E-state index contributed by atoms with van der Waals surface area (Å²) in [7, 11) is 2.08. The number of rotatable bonds is 3. The maximum absolute atomic E-state index is 12.8. The van der Waals surface area contributed by atoms with Gasteiger partial charge in [-0.05, 0) is 32.0 Å². The molecular weight excluding hydrogens is 320 g/mol. The molecule has 3 heterocycles. The number of pyridine rings is 1. The molecule has 2 aliphatic heterocycles. The highest BCUT2D eigenvalue weighted by atomic mass is 16.3. The Balaban J connectivity index is 1.76. The molecule has 2 saturated heterocycles. The lowest BCUT2D eigenvalue weighted by atomic mass is 9.86. The van der Waals surface area contributed by atoms with E-state index >= 15 is 0 Å². The number of carbonyl (C=O) groups is 2. The number of aromatic nitrogens is 1. The first kappa shape index (κ1) is 17.8. The first-order chi connectivity index (χ1) is 12.1. The summed E-state index contributed by atoms with van der Waals surface area (Å²) < 4.78 is 0. The molecule has 1 aromatic heterocycles. The molecule has 2 amide bonds. The fourth-order valence-corrected chi connectivity index (χ4v) is 3.90. The number of amides is 2. The van der Waals surface area contributed by atoms with Gasteiger partial charge in [0.1, 0.15) is 0 Å². The lowest BCUT2D eigenvalue weighted by molar-refractivity contribution is -0.131. The number of piperazine rings is 1. The van der Waals surface area contributed by atoms with Crippen LogP contribution >= 0.6 is 0 Å². The summed E-state index contributed by atoms with van der Waals surface area (Å²) in [4.78, 5) is 35.0. The predicted molar refractivity (Wildman–Crippen MR) is 93.0 cm³/mol. The van der Waals surface area contributed by atoms with Crippen LogP contribution in [-0.4, -0.2) is 88.5 Å². The van der Waals surface area contributed by atoms with Crippen molar-refractivity contribution in [3.8, 4) is 0 Å². The number of aliphatic hydroxyl groups excluding tert-OH is 1. The van der Waals surface area contributed by atoms with E-state index in [1.165, 1.54) is 0 Å². The fraction of sp³-hybridized carbons (Fsp3) is 0.611. The lowest BCUT2D eigenvalue weighted by Gasteiger charge is -2.49. The van der Waals surface area contributed by atoms with Crippen LogP contribution in [0.15, 0.2) is 24.5 Å². The van der Waals surface area contributed by atoms with E-state index in [9.17, 15) is 9.59 Å². The van der Waals surface area contributed by atoms with Crippen molar-refractivity contribution < 1.29 is 14.7 Å². The van der Waals surface area contributed by atoms with Crippen LogP contribution in [0.2, 0.25) is 0 Å². The Morgan fingerprint density at radius 1 is 1.24 bits per heavy atom. The molecule has 0 bridgehead atoms. The normalized spacial score (nSPS) is 25.3. The maximum Gasteiger partial charge on any atom is 0.254 e. The van der Waals surface area contributed by atoms with Gasteiger partial charge in [-0.2, -0.15) is 0 Å². The van der Waals surface area contributed by atoms with Gasteiger partial charge in [0.05, 0.1) is 6.61 Å². The van der Waals surface area contributed by atoms with Crippen LogP contribution in [0.25, 0.3) is 0 Å². The molecule has 7 heteroatoms. The van der Waals surface area contributed by atoms with Crippen molar-refractivity contribution in [1.82, 2.24) is 19.7 Å². The van der Waals surface area contributed by atoms with E-state index < -0.39 is 0 Å². The van der Waals surface area contributed by atoms with Crippen LogP contribution in [0.4, 0.5) is 0 Å². The number of likely N-dealkylation sites (N-methyl/N-ethyl adjacent to an activating group) is 1. The van der Waals surface area contributed by atoms with E-state index in [2.05, 4.69) is 16.9 Å². The Labute approximate surface area is 148 Å². The zero-order valence-corrected chi connectivity index (χ0v) is 14.7. The SMILES string of the molecule is CN1CCN(C(=O)c2ccncc2)C[C@@]12CCC(=O)N(CCO)CC2. The highest BCUT2D eigenvalue weighted by Crippen LogP contribution is 2.32. The monoisotopic (exact) mass is 346 g/mol. The molecule has 2 aliphatic rings. The zero-order chi connectivity index (χ0) is 17.9.